The topological polar surface area (TPSA) is 75.4 Å². The van der Waals surface area contributed by atoms with Crippen molar-refractivity contribution in [3.63, 3.8) is 0 Å². The van der Waals surface area contributed by atoms with E-state index in [2.05, 4.69) is 10.3 Å². The lowest BCUT2D eigenvalue weighted by atomic mass is 10.2. The second kappa shape index (κ2) is 7.12. The first-order valence-corrected chi connectivity index (χ1v) is 7.35. The summed E-state index contributed by atoms with van der Waals surface area (Å²) in [7, 11) is 0. The standard InChI is InChI=1S/C14H16N2O3S/c1-10-3-6-19-13(10)14(18)16-12-8-11(2-4-15-12)9-20-7-5-17/h2-4,6,8,17H,5,7,9H2,1H3,(H,15,16,18). The minimum atomic E-state index is -0.305. The molecular weight excluding hydrogens is 276 g/mol. The maximum atomic E-state index is 12.0. The predicted octanol–water partition coefficient (Wildman–Crippen LogP) is 2.46. The third kappa shape index (κ3) is 3.85. The van der Waals surface area contributed by atoms with Crippen molar-refractivity contribution in [1.29, 1.82) is 0 Å². The molecule has 2 rings (SSSR count). The van der Waals surface area contributed by atoms with Gasteiger partial charge in [-0.25, -0.2) is 4.98 Å². The van der Waals surface area contributed by atoms with E-state index in [1.165, 1.54) is 6.26 Å². The number of thioether (sulfide) groups is 1. The lowest BCUT2D eigenvalue weighted by Crippen LogP contribution is -2.13. The first-order chi connectivity index (χ1) is 9.70. The van der Waals surface area contributed by atoms with Crippen LogP contribution in [0.4, 0.5) is 5.82 Å². The zero-order chi connectivity index (χ0) is 14.4. The molecule has 106 valence electrons. The molecule has 2 N–H and O–H groups in total. The maximum Gasteiger partial charge on any atom is 0.292 e. The molecule has 0 aliphatic carbocycles. The van der Waals surface area contributed by atoms with Crippen LogP contribution in [0.1, 0.15) is 21.7 Å². The Morgan fingerprint density at radius 3 is 3.05 bits per heavy atom. The van der Waals surface area contributed by atoms with Crippen LogP contribution in [0.2, 0.25) is 0 Å². The molecule has 0 fully saturated rings. The molecule has 0 bridgehead atoms. The molecule has 2 heterocycles. The molecule has 2 aromatic rings. The van der Waals surface area contributed by atoms with Gasteiger partial charge in [0.1, 0.15) is 5.82 Å². The highest BCUT2D eigenvalue weighted by Crippen LogP contribution is 2.16. The quantitative estimate of drug-likeness (QED) is 0.800. The Balaban J connectivity index is 2.01. The number of carbonyl (C=O) groups excluding carboxylic acids is 1. The van der Waals surface area contributed by atoms with E-state index in [-0.39, 0.29) is 12.5 Å². The van der Waals surface area contributed by atoms with Gasteiger partial charge in [0.05, 0.1) is 12.9 Å². The van der Waals surface area contributed by atoms with E-state index in [0.29, 0.717) is 17.3 Å². The van der Waals surface area contributed by atoms with E-state index in [1.807, 2.05) is 19.1 Å². The Hall–Kier alpha value is -1.79. The summed E-state index contributed by atoms with van der Waals surface area (Å²) in [6, 6.07) is 5.45. The second-order valence-corrected chi connectivity index (χ2v) is 5.32. The number of pyridine rings is 1. The fraction of sp³-hybridized carbons (Fsp3) is 0.286. The summed E-state index contributed by atoms with van der Waals surface area (Å²) >= 11 is 1.63. The van der Waals surface area contributed by atoms with Crippen LogP contribution in [0.3, 0.4) is 0 Å². The van der Waals surface area contributed by atoms with Gasteiger partial charge in [-0.2, -0.15) is 11.8 Å². The molecule has 0 aliphatic heterocycles. The molecule has 2 aromatic heterocycles. The van der Waals surface area contributed by atoms with Gasteiger partial charge in [-0.05, 0) is 30.7 Å². The SMILES string of the molecule is Cc1ccoc1C(=O)Nc1cc(CSCCO)ccn1. The summed E-state index contributed by atoms with van der Waals surface area (Å²) in [4.78, 5) is 16.1. The molecular formula is C14H16N2O3S. The van der Waals surface area contributed by atoms with Gasteiger partial charge >= 0.3 is 0 Å². The number of nitrogens with zero attached hydrogens (tertiary/aromatic N) is 1. The van der Waals surface area contributed by atoms with Crippen molar-refractivity contribution in [3.8, 4) is 0 Å². The number of aromatic nitrogens is 1. The number of anilines is 1. The molecule has 0 saturated carbocycles. The molecule has 6 heteroatoms. The molecule has 0 atom stereocenters. The molecule has 20 heavy (non-hydrogen) atoms. The van der Waals surface area contributed by atoms with E-state index in [9.17, 15) is 4.79 Å². The van der Waals surface area contributed by atoms with E-state index >= 15 is 0 Å². The number of rotatable bonds is 6. The average molecular weight is 292 g/mol. The van der Waals surface area contributed by atoms with E-state index in [4.69, 9.17) is 9.52 Å². The normalized spacial score (nSPS) is 10.5. The van der Waals surface area contributed by atoms with Crippen LogP contribution in [0, 0.1) is 6.92 Å². The number of aryl methyl sites for hydroxylation is 1. The fourth-order valence-electron chi connectivity index (χ4n) is 1.67. The molecule has 0 aliphatic rings. The summed E-state index contributed by atoms with van der Waals surface area (Å²) in [5.74, 6) is 1.95. The Kier molecular flexibility index (Phi) is 5.20. The number of hydrogen-bond acceptors (Lipinski definition) is 5. The van der Waals surface area contributed by atoms with Gasteiger partial charge in [0.25, 0.3) is 5.91 Å². The zero-order valence-corrected chi connectivity index (χ0v) is 11.9. The first-order valence-electron chi connectivity index (χ1n) is 6.19. The van der Waals surface area contributed by atoms with Crippen molar-refractivity contribution in [1.82, 2.24) is 4.98 Å². The zero-order valence-electron chi connectivity index (χ0n) is 11.1. The first kappa shape index (κ1) is 14.6. The highest BCUT2D eigenvalue weighted by Gasteiger charge is 2.13. The number of furan rings is 1. The van der Waals surface area contributed by atoms with Crippen molar-refractivity contribution in [3.05, 3.63) is 47.5 Å². The Bertz CT molecular complexity index is 583. The maximum absolute atomic E-state index is 12.0. The third-order valence-electron chi connectivity index (χ3n) is 2.64. The van der Waals surface area contributed by atoms with Gasteiger partial charge in [0.2, 0.25) is 0 Å². The number of carbonyl (C=O) groups is 1. The molecule has 0 aromatic carbocycles. The number of aliphatic hydroxyl groups is 1. The smallest absolute Gasteiger partial charge is 0.292 e. The summed E-state index contributed by atoms with van der Waals surface area (Å²) < 4.78 is 5.14. The molecule has 0 radical (unpaired) electrons. The lowest BCUT2D eigenvalue weighted by molar-refractivity contribution is 0.0995. The van der Waals surface area contributed by atoms with Crippen LogP contribution in [-0.4, -0.2) is 28.4 Å². The summed E-state index contributed by atoms with van der Waals surface area (Å²) in [6.45, 7) is 1.98. The van der Waals surface area contributed by atoms with Crippen LogP contribution in [-0.2, 0) is 5.75 Å². The van der Waals surface area contributed by atoms with E-state index < -0.39 is 0 Å². The molecule has 0 unspecified atom stereocenters. The van der Waals surface area contributed by atoms with E-state index in [1.54, 1.807) is 24.0 Å². The molecule has 5 nitrogen and oxygen atoms in total. The second-order valence-electron chi connectivity index (χ2n) is 4.21. The predicted molar refractivity (Wildman–Crippen MR) is 78.9 cm³/mol. The van der Waals surface area contributed by atoms with Crippen LogP contribution in [0.15, 0.2) is 35.1 Å². The highest BCUT2D eigenvalue weighted by molar-refractivity contribution is 7.98. The molecule has 0 spiro atoms. The fourth-order valence-corrected chi connectivity index (χ4v) is 2.35. The van der Waals surface area contributed by atoms with Crippen LogP contribution >= 0.6 is 11.8 Å². The van der Waals surface area contributed by atoms with Gasteiger partial charge in [0.15, 0.2) is 5.76 Å². The van der Waals surface area contributed by atoms with Crippen LogP contribution in [0.5, 0.6) is 0 Å². The summed E-state index contributed by atoms with van der Waals surface area (Å²) in [5, 5.41) is 11.5. The monoisotopic (exact) mass is 292 g/mol. The lowest BCUT2D eigenvalue weighted by Gasteiger charge is -2.05. The van der Waals surface area contributed by atoms with Gasteiger partial charge in [-0.3, -0.25) is 4.79 Å². The molecule has 1 amide bonds. The van der Waals surface area contributed by atoms with Gasteiger partial charge in [-0.1, -0.05) is 0 Å². The van der Waals surface area contributed by atoms with Crippen molar-refractivity contribution in [2.45, 2.75) is 12.7 Å². The minimum absolute atomic E-state index is 0.164. The Labute approximate surface area is 121 Å². The van der Waals surface area contributed by atoms with E-state index in [0.717, 1.165) is 16.9 Å². The average Bonchev–Trinajstić information content (AvgIpc) is 2.86. The van der Waals surface area contributed by atoms with Gasteiger partial charge in [0, 0.05) is 23.3 Å². The number of amides is 1. The van der Waals surface area contributed by atoms with Crippen molar-refractivity contribution < 1.29 is 14.3 Å². The number of hydrogen-bond donors (Lipinski definition) is 2. The van der Waals surface area contributed by atoms with Crippen molar-refractivity contribution in [2.75, 3.05) is 17.7 Å². The summed E-state index contributed by atoms with van der Waals surface area (Å²) in [5.41, 5.74) is 1.84. The summed E-state index contributed by atoms with van der Waals surface area (Å²) in [6.07, 6.45) is 3.14. The largest absolute Gasteiger partial charge is 0.459 e. The highest BCUT2D eigenvalue weighted by atomic mass is 32.2. The van der Waals surface area contributed by atoms with Crippen LogP contribution in [0.25, 0.3) is 0 Å². The van der Waals surface area contributed by atoms with Crippen LogP contribution < -0.4 is 5.32 Å². The van der Waals surface area contributed by atoms with Gasteiger partial charge < -0.3 is 14.8 Å². The molecule has 0 saturated heterocycles. The van der Waals surface area contributed by atoms with Gasteiger partial charge in [-0.15, -0.1) is 0 Å². The Morgan fingerprint density at radius 1 is 1.50 bits per heavy atom. The van der Waals surface area contributed by atoms with Crippen molar-refractivity contribution in [2.24, 2.45) is 0 Å². The number of aliphatic hydroxyl groups excluding tert-OH is 1. The number of nitrogens with one attached hydrogen (secondary N) is 1. The Morgan fingerprint density at radius 2 is 2.35 bits per heavy atom. The third-order valence-corrected chi connectivity index (χ3v) is 3.65. The minimum Gasteiger partial charge on any atom is -0.459 e. The van der Waals surface area contributed by atoms with Crippen molar-refractivity contribution >= 4 is 23.5 Å².